The standard InChI is InChI=1S/C22H36N2O4S/c1-15-10-9-11-16(2)19(15)27-14-17(3)23-20(25)18(12-13-29(7)8)24-21(26)28-22(4,5)6/h9-11,17-18H,12-14H2,1-8H3,(H-,23,24,25,26)/p+1/t17?,18-/m0/s1. The minimum Gasteiger partial charge on any atom is -0.491 e. The van der Waals surface area contributed by atoms with Gasteiger partial charge < -0.3 is 20.1 Å². The number of hydrogen-bond acceptors (Lipinski definition) is 4. The van der Waals surface area contributed by atoms with Gasteiger partial charge in [-0.2, -0.15) is 0 Å². The molecule has 0 aliphatic rings. The number of benzene rings is 1. The van der Waals surface area contributed by atoms with E-state index < -0.39 is 17.7 Å². The maximum Gasteiger partial charge on any atom is 0.408 e. The van der Waals surface area contributed by atoms with Crippen LogP contribution in [0.2, 0.25) is 0 Å². The summed E-state index contributed by atoms with van der Waals surface area (Å²) in [5.41, 5.74) is 1.51. The van der Waals surface area contributed by atoms with Gasteiger partial charge in [-0.15, -0.1) is 0 Å². The molecular formula is C22H37N2O4S+. The molecule has 0 aliphatic carbocycles. The van der Waals surface area contributed by atoms with Crippen molar-refractivity contribution in [2.75, 3.05) is 24.9 Å². The van der Waals surface area contributed by atoms with Gasteiger partial charge in [-0.3, -0.25) is 4.79 Å². The molecule has 2 N–H and O–H groups in total. The Morgan fingerprint density at radius 1 is 1.10 bits per heavy atom. The van der Waals surface area contributed by atoms with Crippen LogP contribution in [-0.4, -0.2) is 54.6 Å². The molecule has 1 aromatic rings. The molecule has 164 valence electrons. The van der Waals surface area contributed by atoms with Crippen molar-refractivity contribution in [1.29, 1.82) is 0 Å². The van der Waals surface area contributed by atoms with Gasteiger partial charge in [-0.1, -0.05) is 18.2 Å². The summed E-state index contributed by atoms with van der Waals surface area (Å²) in [7, 11) is 0.170. The molecule has 0 aliphatic heterocycles. The van der Waals surface area contributed by atoms with E-state index in [9.17, 15) is 9.59 Å². The lowest BCUT2D eigenvalue weighted by atomic mass is 10.1. The molecule has 29 heavy (non-hydrogen) atoms. The first-order valence-corrected chi connectivity index (χ1v) is 12.1. The SMILES string of the molecule is Cc1cccc(C)c1OCC(C)NC(=O)[C@H](CC[S+](C)C)NC(=O)OC(C)(C)C. The van der Waals surface area contributed by atoms with E-state index in [0.717, 1.165) is 22.6 Å². The van der Waals surface area contributed by atoms with Crippen LogP contribution in [0.5, 0.6) is 5.75 Å². The first-order valence-electron chi connectivity index (χ1n) is 9.92. The highest BCUT2D eigenvalue weighted by atomic mass is 32.2. The fraction of sp³-hybridized carbons (Fsp3) is 0.636. The minimum atomic E-state index is -0.637. The Labute approximate surface area is 178 Å². The summed E-state index contributed by atoms with van der Waals surface area (Å²) in [6.07, 6.45) is 4.21. The summed E-state index contributed by atoms with van der Waals surface area (Å²) < 4.78 is 11.2. The van der Waals surface area contributed by atoms with Crippen LogP contribution in [0.25, 0.3) is 0 Å². The minimum absolute atomic E-state index is 0.170. The summed E-state index contributed by atoms with van der Waals surface area (Å²) in [5.74, 6) is 1.47. The summed E-state index contributed by atoms with van der Waals surface area (Å²) >= 11 is 0. The van der Waals surface area contributed by atoms with E-state index in [1.54, 1.807) is 20.8 Å². The van der Waals surface area contributed by atoms with Crippen LogP contribution in [0.4, 0.5) is 4.79 Å². The Hall–Kier alpha value is -1.89. The molecule has 2 amide bonds. The molecule has 0 spiro atoms. The number of hydrogen-bond donors (Lipinski definition) is 2. The largest absolute Gasteiger partial charge is 0.491 e. The normalized spacial score (nSPS) is 13.6. The van der Waals surface area contributed by atoms with Crippen molar-refractivity contribution < 1.29 is 19.1 Å². The molecule has 1 rings (SSSR count). The van der Waals surface area contributed by atoms with E-state index in [-0.39, 0.29) is 22.8 Å². The topological polar surface area (TPSA) is 76.7 Å². The van der Waals surface area contributed by atoms with Crippen LogP contribution in [0.15, 0.2) is 18.2 Å². The number of rotatable bonds is 9. The molecule has 7 heteroatoms. The van der Waals surface area contributed by atoms with Gasteiger partial charge in [-0.25, -0.2) is 4.79 Å². The van der Waals surface area contributed by atoms with E-state index in [1.807, 2.05) is 39.0 Å². The van der Waals surface area contributed by atoms with Gasteiger partial charge in [0, 0.05) is 6.42 Å². The van der Waals surface area contributed by atoms with Crippen LogP contribution in [0, 0.1) is 13.8 Å². The van der Waals surface area contributed by atoms with E-state index in [2.05, 4.69) is 23.1 Å². The number of ether oxygens (including phenoxy) is 2. The second-order valence-corrected chi connectivity index (χ2v) is 11.0. The number of aryl methyl sites for hydroxylation is 2. The highest BCUT2D eigenvalue weighted by Gasteiger charge is 2.26. The Bertz CT molecular complexity index is 666. The third-order valence-corrected chi connectivity index (χ3v) is 5.15. The third-order valence-electron chi connectivity index (χ3n) is 4.10. The fourth-order valence-corrected chi connectivity index (χ4v) is 3.40. The molecule has 0 fully saturated rings. The van der Waals surface area contributed by atoms with Gasteiger partial charge in [0.1, 0.15) is 29.8 Å². The van der Waals surface area contributed by atoms with Gasteiger partial charge in [0.05, 0.1) is 18.6 Å². The Morgan fingerprint density at radius 3 is 2.21 bits per heavy atom. The van der Waals surface area contributed by atoms with E-state index in [4.69, 9.17) is 9.47 Å². The predicted octanol–water partition coefficient (Wildman–Crippen LogP) is 3.35. The molecule has 0 heterocycles. The maximum absolute atomic E-state index is 12.8. The lowest BCUT2D eigenvalue weighted by molar-refractivity contribution is -0.124. The molecule has 0 saturated carbocycles. The Balaban J connectivity index is 2.68. The predicted molar refractivity (Wildman–Crippen MR) is 121 cm³/mol. The highest BCUT2D eigenvalue weighted by molar-refractivity contribution is 7.95. The second kappa shape index (κ2) is 11.3. The van der Waals surface area contributed by atoms with Crippen molar-refractivity contribution in [1.82, 2.24) is 10.6 Å². The lowest BCUT2D eigenvalue weighted by Crippen LogP contribution is -2.51. The Morgan fingerprint density at radius 2 is 1.69 bits per heavy atom. The number of nitrogens with one attached hydrogen (secondary N) is 2. The van der Waals surface area contributed by atoms with Crippen LogP contribution in [0.3, 0.4) is 0 Å². The van der Waals surface area contributed by atoms with E-state index >= 15 is 0 Å². The van der Waals surface area contributed by atoms with Crippen LogP contribution >= 0.6 is 0 Å². The molecule has 2 atom stereocenters. The zero-order chi connectivity index (χ0) is 22.2. The Kier molecular flexibility index (Phi) is 9.83. The van der Waals surface area contributed by atoms with E-state index in [0.29, 0.717) is 13.0 Å². The molecule has 6 nitrogen and oxygen atoms in total. The second-order valence-electron chi connectivity index (χ2n) is 8.62. The smallest absolute Gasteiger partial charge is 0.408 e. The van der Waals surface area contributed by atoms with Crippen molar-refractivity contribution >= 4 is 22.9 Å². The van der Waals surface area contributed by atoms with Crippen LogP contribution in [-0.2, 0) is 20.4 Å². The number of alkyl carbamates (subject to hydrolysis) is 1. The third kappa shape index (κ3) is 9.92. The van der Waals surface area contributed by atoms with Gasteiger partial charge in [0.25, 0.3) is 0 Å². The summed E-state index contributed by atoms with van der Waals surface area (Å²) in [6, 6.07) is 5.15. The van der Waals surface area contributed by atoms with Crippen molar-refractivity contribution in [3.8, 4) is 5.75 Å². The molecule has 0 aromatic heterocycles. The van der Waals surface area contributed by atoms with Crippen LogP contribution < -0.4 is 15.4 Å². The first kappa shape index (κ1) is 25.1. The molecule has 1 unspecified atom stereocenters. The van der Waals surface area contributed by atoms with Gasteiger partial charge in [0.2, 0.25) is 5.91 Å². The highest BCUT2D eigenvalue weighted by Crippen LogP contribution is 2.22. The molecule has 1 aromatic carbocycles. The van der Waals surface area contributed by atoms with Crippen molar-refractivity contribution in [2.45, 2.75) is 65.6 Å². The first-order chi connectivity index (χ1) is 13.4. The molecule has 0 radical (unpaired) electrons. The number of amides is 2. The van der Waals surface area contributed by atoms with Gasteiger partial charge in [0.15, 0.2) is 0 Å². The summed E-state index contributed by atoms with van der Waals surface area (Å²) in [4.78, 5) is 24.9. The quantitative estimate of drug-likeness (QED) is 0.595. The molecular weight excluding hydrogens is 388 g/mol. The van der Waals surface area contributed by atoms with Crippen LogP contribution in [0.1, 0.15) is 45.2 Å². The lowest BCUT2D eigenvalue weighted by Gasteiger charge is -2.24. The van der Waals surface area contributed by atoms with Crippen molar-refractivity contribution in [3.05, 3.63) is 29.3 Å². The average Bonchev–Trinajstić information content (AvgIpc) is 2.56. The van der Waals surface area contributed by atoms with Gasteiger partial charge >= 0.3 is 6.09 Å². The average molecular weight is 426 g/mol. The molecule has 0 bridgehead atoms. The summed E-state index contributed by atoms with van der Waals surface area (Å²) in [6.45, 7) is 11.6. The maximum atomic E-state index is 12.8. The molecule has 0 saturated heterocycles. The number of carbonyl (C=O) groups is 2. The summed E-state index contributed by atoms with van der Waals surface area (Å²) in [5, 5.41) is 5.67. The zero-order valence-corrected chi connectivity index (χ0v) is 19.9. The fourth-order valence-electron chi connectivity index (χ4n) is 2.69. The number of para-hydroxylation sites is 1. The van der Waals surface area contributed by atoms with Gasteiger partial charge in [-0.05, 0) is 63.6 Å². The monoisotopic (exact) mass is 425 g/mol. The number of carbonyl (C=O) groups excluding carboxylic acids is 2. The van der Waals surface area contributed by atoms with Crippen molar-refractivity contribution in [2.24, 2.45) is 0 Å². The zero-order valence-electron chi connectivity index (χ0n) is 19.0. The van der Waals surface area contributed by atoms with Crippen molar-refractivity contribution in [3.63, 3.8) is 0 Å². The van der Waals surface area contributed by atoms with E-state index in [1.165, 1.54) is 0 Å².